The molecule has 0 radical (unpaired) electrons. The Morgan fingerprint density at radius 3 is 2.85 bits per heavy atom. The molecular formula is C14H24N4OS. The van der Waals surface area contributed by atoms with Gasteiger partial charge >= 0.3 is 0 Å². The number of nitrogens with zero attached hydrogens (tertiary/aromatic N) is 2. The minimum absolute atomic E-state index is 0.0865. The lowest BCUT2D eigenvalue weighted by molar-refractivity contribution is -0.120. The number of carbonyl (C=O) groups is 1. The van der Waals surface area contributed by atoms with E-state index < -0.39 is 0 Å². The number of aromatic nitrogens is 3. The van der Waals surface area contributed by atoms with Gasteiger partial charge in [-0.1, -0.05) is 37.9 Å². The van der Waals surface area contributed by atoms with Crippen LogP contribution in [0.3, 0.4) is 0 Å². The Kier molecular flexibility index (Phi) is 5.88. The Morgan fingerprint density at radius 2 is 2.20 bits per heavy atom. The van der Waals surface area contributed by atoms with E-state index in [9.17, 15) is 4.79 Å². The standard InChI is InChI=1S/C14H24N4OS/c1-3-12-16-14(18-17-12)20-10(2)13(19)15-9-11-7-5-4-6-8-11/h10-11H,3-9H2,1-2H3,(H,15,19)(H,16,17,18). The zero-order valence-corrected chi connectivity index (χ0v) is 13.1. The monoisotopic (exact) mass is 296 g/mol. The fourth-order valence-corrected chi connectivity index (χ4v) is 3.25. The van der Waals surface area contributed by atoms with E-state index in [-0.39, 0.29) is 11.2 Å². The first-order valence-electron chi connectivity index (χ1n) is 7.54. The van der Waals surface area contributed by atoms with Crippen molar-refractivity contribution in [1.82, 2.24) is 20.5 Å². The summed E-state index contributed by atoms with van der Waals surface area (Å²) in [7, 11) is 0. The summed E-state index contributed by atoms with van der Waals surface area (Å²) in [6.07, 6.45) is 7.30. The van der Waals surface area contributed by atoms with Crippen molar-refractivity contribution >= 4 is 17.7 Å². The van der Waals surface area contributed by atoms with Crippen molar-refractivity contribution in [3.8, 4) is 0 Å². The van der Waals surface area contributed by atoms with Crippen LogP contribution in [0.4, 0.5) is 0 Å². The van der Waals surface area contributed by atoms with E-state index in [0.717, 1.165) is 18.8 Å². The fraction of sp³-hybridized carbons (Fsp3) is 0.786. The van der Waals surface area contributed by atoms with Gasteiger partial charge in [0.05, 0.1) is 5.25 Å². The van der Waals surface area contributed by atoms with E-state index in [2.05, 4.69) is 20.5 Å². The maximum Gasteiger partial charge on any atom is 0.233 e. The van der Waals surface area contributed by atoms with E-state index in [4.69, 9.17) is 0 Å². The van der Waals surface area contributed by atoms with Gasteiger partial charge in [0, 0.05) is 13.0 Å². The van der Waals surface area contributed by atoms with Gasteiger partial charge in [-0.25, -0.2) is 4.98 Å². The average Bonchev–Trinajstić information content (AvgIpc) is 2.93. The number of hydrogen-bond donors (Lipinski definition) is 2. The SMILES string of the molecule is CCc1nc(SC(C)C(=O)NCC2CCCCC2)n[nH]1. The number of thioether (sulfide) groups is 1. The molecule has 1 saturated carbocycles. The Morgan fingerprint density at radius 1 is 1.45 bits per heavy atom. The first-order valence-corrected chi connectivity index (χ1v) is 8.42. The van der Waals surface area contributed by atoms with Crippen molar-refractivity contribution in [2.45, 2.75) is 62.8 Å². The first kappa shape index (κ1) is 15.4. The summed E-state index contributed by atoms with van der Waals surface area (Å²) in [6.45, 7) is 4.75. The third-order valence-corrected chi connectivity index (χ3v) is 4.75. The van der Waals surface area contributed by atoms with Gasteiger partial charge in [-0.3, -0.25) is 9.89 Å². The number of hydrogen-bond acceptors (Lipinski definition) is 4. The molecule has 112 valence electrons. The van der Waals surface area contributed by atoms with Crippen LogP contribution in [0.5, 0.6) is 0 Å². The van der Waals surface area contributed by atoms with Gasteiger partial charge in [0.2, 0.25) is 11.1 Å². The maximum absolute atomic E-state index is 12.1. The second-order valence-corrected chi connectivity index (χ2v) is 6.74. The molecule has 1 atom stereocenters. The number of carbonyl (C=O) groups excluding carboxylic acids is 1. The number of aromatic amines is 1. The molecule has 1 amide bonds. The van der Waals surface area contributed by atoms with Crippen LogP contribution in [0.1, 0.15) is 51.8 Å². The molecule has 6 heteroatoms. The summed E-state index contributed by atoms with van der Waals surface area (Å²) >= 11 is 1.41. The number of rotatable bonds is 6. The molecule has 20 heavy (non-hydrogen) atoms. The molecule has 2 N–H and O–H groups in total. The van der Waals surface area contributed by atoms with Crippen LogP contribution in [0.2, 0.25) is 0 Å². The second-order valence-electron chi connectivity index (χ2n) is 5.43. The van der Waals surface area contributed by atoms with Gasteiger partial charge in [0.1, 0.15) is 5.82 Å². The lowest BCUT2D eigenvalue weighted by Crippen LogP contribution is -2.35. The van der Waals surface area contributed by atoms with Crippen LogP contribution >= 0.6 is 11.8 Å². The molecule has 0 aromatic carbocycles. The van der Waals surface area contributed by atoms with Crippen molar-refractivity contribution < 1.29 is 4.79 Å². The highest BCUT2D eigenvalue weighted by molar-refractivity contribution is 8.00. The van der Waals surface area contributed by atoms with Crippen molar-refractivity contribution in [3.05, 3.63) is 5.82 Å². The molecule has 0 aliphatic heterocycles. The van der Waals surface area contributed by atoms with Crippen molar-refractivity contribution in [2.75, 3.05) is 6.54 Å². The summed E-state index contributed by atoms with van der Waals surface area (Å²) in [4.78, 5) is 16.4. The summed E-state index contributed by atoms with van der Waals surface area (Å²) in [5, 5.41) is 10.5. The van der Waals surface area contributed by atoms with Crippen LogP contribution in [0, 0.1) is 5.92 Å². The van der Waals surface area contributed by atoms with E-state index >= 15 is 0 Å². The zero-order valence-electron chi connectivity index (χ0n) is 12.3. The molecule has 5 nitrogen and oxygen atoms in total. The summed E-state index contributed by atoms with van der Waals surface area (Å²) in [6, 6.07) is 0. The van der Waals surface area contributed by atoms with E-state index in [1.54, 1.807) is 0 Å². The van der Waals surface area contributed by atoms with E-state index in [1.165, 1.54) is 43.9 Å². The highest BCUT2D eigenvalue weighted by atomic mass is 32.2. The Bertz CT molecular complexity index is 429. The molecule has 1 aromatic rings. The first-order chi connectivity index (χ1) is 9.69. The van der Waals surface area contributed by atoms with Crippen LogP contribution in [-0.2, 0) is 11.2 Å². The number of aryl methyl sites for hydroxylation is 1. The molecule has 1 unspecified atom stereocenters. The molecule has 1 heterocycles. The van der Waals surface area contributed by atoms with Gasteiger partial charge in [-0.2, -0.15) is 0 Å². The third kappa shape index (κ3) is 4.51. The summed E-state index contributed by atoms with van der Waals surface area (Å²) in [5.41, 5.74) is 0. The van der Waals surface area contributed by atoms with Crippen LogP contribution in [0.25, 0.3) is 0 Å². The van der Waals surface area contributed by atoms with Gasteiger partial charge < -0.3 is 5.32 Å². The molecular weight excluding hydrogens is 272 g/mol. The molecule has 1 aromatic heterocycles. The quantitative estimate of drug-likeness (QED) is 0.791. The van der Waals surface area contributed by atoms with Gasteiger partial charge in [0.15, 0.2) is 0 Å². The Balaban J connectivity index is 1.73. The van der Waals surface area contributed by atoms with Crippen LogP contribution < -0.4 is 5.32 Å². The minimum atomic E-state index is -0.154. The predicted octanol–water partition coefficient (Wildman–Crippen LogP) is 2.54. The Hall–Kier alpha value is -1.04. The third-order valence-electron chi connectivity index (χ3n) is 3.79. The topological polar surface area (TPSA) is 70.7 Å². The highest BCUT2D eigenvalue weighted by Crippen LogP contribution is 2.23. The second kappa shape index (κ2) is 7.67. The lowest BCUT2D eigenvalue weighted by Gasteiger charge is -2.22. The van der Waals surface area contributed by atoms with Gasteiger partial charge in [-0.15, -0.1) is 5.10 Å². The lowest BCUT2D eigenvalue weighted by atomic mass is 9.89. The molecule has 1 aliphatic carbocycles. The largest absolute Gasteiger partial charge is 0.355 e. The van der Waals surface area contributed by atoms with E-state index in [0.29, 0.717) is 11.1 Å². The fourth-order valence-electron chi connectivity index (χ4n) is 2.48. The van der Waals surface area contributed by atoms with Crippen LogP contribution in [-0.4, -0.2) is 32.9 Å². The normalized spacial score (nSPS) is 17.9. The van der Waals surface area contributed by atoms with Gasteiger partial charge in [0.25, 0.3) is 0 Å². The molecule has 1 aliphatic rings. The van der Waals surface area contributed by atoms with Crippen molar-refractivity contribution in [2.24, 2.45) is 5.92 Å². The van der Waals surface area contributed by atoms with Gasteiger partial charge in [-0.05, 0) is 25.7 Å². The van der Waals surface area contributed by atoms with Crippen molar-refractivity contribution in [1.29, 1.82) is 0 Å². The average molecular weight is 296 g/mol. The summed E-state index contributed by atoms with van der Waals surface area (Å²) < 4.78 is 0. The van der Waals surface area contributed by atoms with E-state index in [1.807, 2.05) is 13.8 Å². The molecule has 1 fully saturated rings. The Labute approximate surface area is 124 Å². The zero-order chi connectivity index (χ0) is 14.4. The number of nitrogens with one attached hydrogen (secondary N) is 2. The number of H-pyrrole nitrogens is 1. The highest BCUT2D eigenvalue weighted by Gasteiger charge is 2.19. The number of amides is 1. The molecule has 0 bridgehead atoms. The molecule has 0 spiro atoms. The minimum Gasteiger partial charge on any atom is -0.355 e. The van der Waals surface area contributed by atoms with Crippen LogP contribution in [0.15, 0.2) is 5.16 Å². The smallest absolute Gasteiger partial charge is 0.233 e. The predicted molar refractivity (Wildman–Crippen MR) is 80.7 cm³/mol. The summed E-state index contributed by atoms with van der Waals surface area (Å²) in [5.74, 6) is 1.62. The molecule has 2 rings (SSSR count). The van der Waals surface area contributed by atoms with Crippen molar-refractivity contribution in [3.63, 3.8) is 0 Å². The maximum atomic E-state index is 12.1. The molecule has 0 saturated heterocycles.